The summed E-state index contributed by atoms with van der Waals surface area (Å²) in [5, 5.41) is 5.77. The van der Waals surface area contributed by atoms with Gasteiger partial charge in [-0.1, -0.05) is 23.7 Å². The molecule has 0 unspecified atom stereocenters. The third kappa shape index (κ3) is 5.83. The number of methoxy groups -OCH3 is 1. The van der Waals surface area contributed by atoms with E-state index in [0.717, 1.165) is 30.2 Å². The lowest BCUT2D eigenvalue weighted by atomic mass is 10.2. The first-order valence-corrected chi connectivity index (χ1v) is 12.0. The summed E-state index contributed by atoms with van der Waals surface area (Å²) in [6.07, 6.45) is 0.932. The number of thiazole rings is 1. The number of hydrogen-bond donors (Lipinski definition) is 1. The minimum Gasteiger partial charge on any atom is -0.495 e. The number of piperazine rings is 1. The fourth-order valence-corrected chi connectivity index (χ4v) is 4.60. The van der Waals surface area contributed by atoms with Crippen LogP contribution in [0.3, 0.4) is 0 Å². The lowest BCUT2D eigenvalue weighted by Gasteiger charge is -2.36. The number of para-hydroxylation sites is 2. The van der Waals surface area contributed by atoms with E-state index >= 15 is 0 Å². The van der Waals surface area contributed by atoms with Crippen LogP contribution in [0.5, 0.6) is 5.75 Å². The van der Waals surface area contributed by atoms with Crippen LogP contribution in [0.2, 0.25) is 5.02 Å². The Morgan fingerprint density at radius 2 is 1.82 bits per heavy atom. The number of nitrogens with zero attached hydrogens (tertiary/aromatic N) is 3. The number of halogens is 1. The minimum atomic E-state index is -0.239. The summed E-state index contributed by atoms with van der Waals surface area (Å²) in [6, 6.07) is 14.6. The number of hydrogen-bond acceptors (Lipinski definition) is 6. The van der Waals surface area contributed by atoms with E-state index in [4.69, 9.17) is 16.3 Å². The topological polar surface area (TPSA) is 74.8 Å². The summed E-state index contributed by atoms with van der Waals surface area (Å²) in [6.45, 7) is 2.89. The van der Waals surface area contributed by atoms with Crippen molar-refractivity contribution in [3.63, 3.8) is 0 Å². The summed E-state index contributed by atoms with van der Waals surface area (Å²) in [5.41, 5.74) is 2.37. The number of benzene rings is 2. The minimum absolute atomic E-state index is 0.120. The number of carbonyl (C=O) groups is 2. The van der Waals surface area contributed by atoms with Crippen molar-refractivity contribution in [3.8, 4) is 5.75 Å². The number of nitrogens with one attached hydrogen (secondary N) is 1. The first-order valence-electron chi connectivity index (χ1n) is 10.7. The van der Waals surface area contributed by atoms with Crippen LogP contribution in [-0.4, -0.2) is 55.0 Å². The summed E-state index contributed by atoms with van der Waals surface area (Å²) in [7, 11) is 1.67. The van der Waals surface area contributed by atoms with Crippen LogP contribution < -0.4 is 15.0 Å². The first-order chi connectivity index (χ1) is 16.0. The van der Waals surface area contributed by atoms with Gasteiger partial charge in [0.15, 0.2) is 5.13 Å². The normalized spacial score (nSPS) is 13.6. The van der Waals surface area contributed by atoms with Crippen molar-refractivity contribution in [1.82, 2.24) is 9.88 Å². The maximum Gasteiger partial charge on any atom is 0.257 e. The van der Waals surface area contributed by atoms with Crippen molar-refractivity contribution in [2.75, 3.05) is 43.5 Å². The lowest BCUT2D eigenvalue weighted by Crippen LogP contribution is -2.48. The highest BCUT2D eigenvalue weighted by Gasteiger charge is 2.23. The molecule has 0 radical (unpaired) electrons. The van der Waals surface area contributed by atoms with Crippen LogP contribution in [0.15, 0.2) is 53.9 Å². The predicted molar refractivity (Wildman–Crippen MR) is 132 cm³/mol. The highest BCUT2D eigenvalue weighted by Crippen LogP contribution is 2.28. The number of amides is 2. The Balaban J connectivity index is 1.25. The van der Waals surface area contributed by atoms with Gasteiger partial charge in [0.05, 0.1) is 18.5 Å². The Morgan fingerprint density at radius 1 is 1.09 bits per heavy atom. The molecule has 1 aliphatic heterocycles. The average Bonchev–Trinajstić information content (AvgIpc) is 3.30. The molecule has 1 N–H and O–H groups in total. The van der Waals surface area contributed by atoms with Crippen molar-refractivity contribution < 1.29 is 14.3 Å². The van der Waals surface area contributed by atoms with E-state index in [1.807, 2.05) is 34.5 Å². The molecule has 1 saturated heterocycles. The monoisotopic (exact) mass is 484 g/mol. The molecule has 2 amide bonds. The van der Waals surface area contributed by atoms with Gasteiger partial charge in [0.25, 0.3) is 5.91 Å². The highest BCUT2D eigenvalue weighted by atomic mass is 35.5. The second kappa shape index (κ2) is 10.7. The maximum atomic E-state index is 12.7. The van der Waals surface area contributed by atoms with E-state index in [2.05, 4.69) is 15.2 Å². The Hall–Kier alpha value is -3.10. The number of anilines is 2. The summed E-state index contributed by atoms with van der Waals surface area (Å²) < 4.78 is 5.46. The fraction of sp³-hybridized carbons (Fsp3) is 0.292. The molecular formula is C24H25ClN4O3S. The van der Waals surface area contributed by atoms with Gasteiger partial charge in [-0.3, -0.25) is 14.9 Å². The molecule has 3 aromatic rings. The molecular weight excluding hydrogens is 460 g/mol. The Labute approximate surface area is 201 Å². The van der Waals surface area contributed by atoms with Crippen LogP contribution in [0.25, 0.3) is 0 Å². The van der Waals surface area contributed by atoms with Gasteiger partial charge in [-0.25, -0.2) is 4.98 Å². The zero-order valence-corrected chi connectivity index (χ0v) is 19.9. The van der Waals surface area contributed by atoms with Gasteiger partial charge in [0.1, 0.15) is 5.75 Å². The van der Waals surface area contributed by atoms with E-state index in [9.17, 15) is 9.59 Å². The number of aryl methyl sites for hydroxylation is 1. The van der Waals surface area contributed by atoms with Gasteiger partial charge in [-0.15, -0.1) is 11.3 Å². The van der Waals surface area contributed by atoms with Gasteiger partial charge < -0.3 is 14.5 Å². The molecule has 0 atom stereocenters. The Kier molecular flexibility index (Phi) is 7.47. The summed E-state index contributed by atoms with van der Waals surface area (Å²) in [4.78, 5) is 33.6. The Bertz CT molecular complexity index is 1110. The SMILES string of the molecule is COc1ccccc1N1CCN(C(=O)CCc2csc(NC(=O)c3ccc(Cl)cc3)n2)CC1. The largest absolute Gasteiger partial charge is 0.495 e. The number of ether oxygens (including phenoxy) is 1. The lowest BCUT2D eigenvalue weighted by molar-refractivity contribution is -0.131. The van der Waals surface area contributed by atoms with Gasteiger partial charge in [-0.05, 0) is 42.8 Å². The number of rotatable bonds is 7. The average molecular weight is 485 g/mol. The van der Waals surface area contributed by atoms with Crippen molar-refractivity contribution in [2.45, 2.75) is 12.8 Å². The molecule has 2 heterocycles. The molecule has 1 fully saturated rings. The zero-order chi connectivity index (χ0) is 23.2. The van der Waals surface area contributed by atoms with Crippen molar-refractivity contribution in [3.05, 3.63) is 70.2 Å². The van der Waals surface area contributed by atoms with Gasteiger partial charge in [0, 0.05) is 48.6 Å². The molecule has 33 heavy (non-hydrogen) atoms. The smallest absolute Gasteiger partial charge is 0.257 e. The predicted octanol–water partition coefficient (Wildman–Crippen LogP) is 4.34. The van der Waals surface area contributed by atoms with E-state index in [1.165, 1.54) is 11.3 Å². The highest BCUT2D eigenvalue weighted by molar-refractivity contribution is 7.14. The molecule has 7 nitrogen and oxygen atoms in total. The van der Waals surface area contributed by atoms with Crippen molar-refractivity contribution in [2.24, 2.45) is 0 Å². The van der Waals surface area contributed by atoms with Gasteiger partial charge >= 0.3 is 0 Å². The van der Waals surface area contributed by atoms with Crippen LogP contribution in [-0.2, 0) is 11.2 Å². The number of aromatic nitrogens is 1. The maximum absolute atomic E-state index is 12.7. The second-order valence-corrected chi connectivity index (χ2v) is 8.94. The van der Waals surface area contributed by atoms with E-state index < -0.39 is 0 Å². The molecule has 4 rings (SSSR count). The first kappa shape index (κ1) is 23.1. The van der Waals surface area contributed by atoms with Crippen LogP contribution in [0.1, 0.15) is 22.5 Å². The van der Waals surface area contributed by atoms with Crippen LogP contribution in [0, 0.1) is 0 Å². The molecule has 0 bridgehead atoms. The third-order valence-electron chi connectivity index (χ3n) is 5.53. The summed E-state index contributed by atoms with van der Waals surface area (Å²) in [5.74, 6) is 0.728. The standard InChI is InChI=1S/C24H25ClN4O3S/c1-32-21-5-3-2-4-20(21)28-12-14-29(15-13-28)22(30)11-10-19-16-33-24(26-19)27-23(31)17-6-8-18(25)9-7-17/h2-9,16H,10-15H2,1H3,(H,26,27,31). The number of carbonyl (C=O) groups excluding carboxylic acids is 2. The van der Waals surface area contributed by atoms with Gasteiger partial charge in [-0.2, -0.15) is 0 Å². The molecule has 1 aromatic heterocycles. The quantitative estimate of drug-likeness (QED) is 0.540. The van der Waals surface area contributed by atoms with Gasteiger partial charge in [0.2, 0.25) is 5.91 Å². The molecule has 0 saturated carbocycles. The van der Waals surface area contributed by atoms with Crippen LogP contribution >= 0.6 is 22.9 Å². The van der Waals surface area contributed by atoms with Crippen molar-refractivity contribution >= 4 is 45.6 Å². The molecule has 1 aliphatic rings. The Morgan fingerprint density at radius 3 is 2.55 bits per heavy atom. The summed E-state index contributed by atoms with van der Waals surface area (Å²) >= 11 is 7.22. The molecule has 172 valence electrons. The zero-order valence-electron chi connectivity index (χ0n) is 18.3. The molecule has 0 aliphatic carbocycles. The van der Waals surface area contributed by atoms with Crippen LogP contribution in [0.4, 0.5) is 10.8 Å². The van der Waals surface area contributed by atoms with E-state index in [1.54, 1.807) is 31.4 Å². The van der Waals surface area contributed by atoms with E-state index in [0.29, 0.717) is 41.6 Å². The third-order valence-corrected chi connectivity index (χ3v) is 6.59. The second-order valence-electron chi connectivity index (χ2n) is 7.64. The molecule has 9 heteroatoms. The van der Waals surface area contributed by atoms with Crippen molar-refractivity contribution in [1.29, 1.82) is 0 Å². The van der Waals surface area contributed by atoms with E-state index in [-0.39, 0.29) is 11.8 Å². The fourth-order valence-electron chi connectivity index (χ4n) is 3.73. The molecule has 2 aromatic carbocycles. The molecule has 0 spiro atoms.